The van der Waals surface area contributed by atoms with E-state index in [9.17, 15) is 4.79 Å². The van der Waals surface area contributed by atoms with Gasteiger partial charge in [0.1, 0.15) is 5.75 Å². The van der Waals surface area contributed by atoms with Crippen molar-refractivity contribution in [1.82, 2.24) is 5.32 Å². The van der Waals surface area contributed by atoms with Crippen molar-refractivity contribution >= 4 is 11.7 Å². The fourth-order valence-electron chi connectivity index (χ4n) is 2.44. The molecule has 0 radical (unpaired) electrons. The van der Waals surface area contributed by atoms with Crippen molar-refractivity contribution in [2.75, 3.05) is 12.4 Å². The number of anilines is 1. The molecule has 0 saturated carbocycles. The molecule has 0 bridgehead atoms. The van der Waals surface area contributed by atoms with E-state index in [1.807, 2.05) is 78.9 Å². The number of hydrogen-bond acceptors (Lipinski definition) is 2. The zero-order chi connectivity index (χ0) is 18.9. The standard InChI is InChI=1S/C23H20N2O2/c1-27-22-14-12-20(13-15-22)17-24-23(26)25-21-9-5-8-19(16-21)11-10-18-6-3-2-4-7-18/h2-9,12-16H,17H2,1H3,(H2,24,25,26). The number of urea groups is 1. The minimum atomic E-state index is -0.265. The fraction of sp³-hybridized carbons (Fsp3) is 0.0870. The summed E-state index contributed by atoms with van der Waals surface area (Å²) in [6.07, 6.45) is 0. The topological polar surface area (TPSA) is 50.4 Å². The Labute approximate surface area is 159 Å². The molecule has 0 aliphatic carbocycles. The van der Waals surface area contributed by atoms with Crippen LogP contribution in [0.5, 0.6) is 5.75 Å². The Balaban J connectivity index is 1.57. The second-order valence-electron chi connectivity index (χ2n) is 5.85. The molecule has 0 atom stereocenters. The van der Waals surface area contributed by atoms with Gasteiger partial charge in [-0.15, -0.1) is 0 Å². The smallest absolute Gasteiger partial charge is 0.319 e. The quantitative estimate of drug-likeness (QED) is 0.680. The molecule has 0 heterocycles. The van der Waals surface area contributed by atoms with Crippen LogP contribution in [0.3, 0.4) is 0 Å². The van der Waals surface area contributed by atoms with E-state index in [2.05, 4.69) is 22.5 Å². The van der Waals surface area contributed by atoms with Crippen molar-refractivity contribution in [3.8, 4) is 17.6 Å². The number of ether oxygens (including phenoxy) is 1. The summed E-state index contributed by atoms with van der Waals surface area (Å²) >= 11 is 0. The van der Waals surface area contributed by atoms with Crippen LogP contribution in [0.4, 0.5) is 10.5 Å². The number of amides is 2. The average Bonchev–Trinajstić information content (AvgIpc) is 2.72. The first-order valence-corrected chi connectivity index (χ1v) is 8.58. The Kier molecular flexibility index (Phi) is 6.11. The molecule has 0 aliphatic rings. The molecule has 0 unspecified atom stereocenters. The van der Waals surface area contributed by atoms with Gasteiger partial charge in [-0.05, 0) is 48.0 Å². The first kappa shape index (κ1) is 18.1. The number of hydrogen-bond donors (Lipinski definition) is 2. The fourth-order valence-corrected chi connectivity index (χ4v) is 2.44. The normalized spacial score (nSPS) is 9.67. The summed E-state index contributed by atoms with van der Waals surface area (Å²) in [7, 11) is 1.62. The molecule has 0 fully saturated rings. The number of benzene rings is 3. The highest BCUT2D eigenvalue weighted by Gasteiger charge is 2.02. The van der Waals surface area contributed by atoms with E-state index in [4.69, 9.17) is 4.74 Å². The second-order valence-corrected chi connectivity index (χ2v) is 5.85. The molecule has 2 amide bonds. The van der Waals surface area contributed by atoms with Crippen LogP contribution in [0.1, 0.15) is 16.7 Å². The van der Waals surface area contributed by atoms with Crippen LogP contribution >= 0.6 is 0 Å². The molecule has 0 aliphatic heterocycles. The third-order valence-corrected chi connectivity index (χ3v) is 3.86. The molecule has 0 aromatic heterocycles. The Morgan fingerprint density at radius 3 is 2.33 bits per heavy atom. The van der Waals surface area contributed by atoms with Crippen LogP contribution in [0.2, 0.25) is 0 Å². The van der Waals surface area contributed by atoms with E-state index in [-0.39, 0.29) is 6.03 Å². The molecule has 27 heavy (non-hydrogen) atoms. The minimum Gasteiger partial charge on any atom is -0.497 e. The van der Waals surface area contributed by atoms with Crippen molar-refractivity contribution in [2.45, 2.75) is 6.54 Å². The molecule has 134 valence electrons. The number of methoxy groups -OCH3 is 1. The summed E-state index contributed by atoms with van der Waals surface area (Å²) in [5.41, 5.74) is 3.48. The van der Waals surface area contributed by atoms with Gasteiger partial charge in [-0.1, -0.05) is 48.2 Å². The van der Waals surface area contributed by atoms with Gasteiger partial charge in [-0.2, -0.15) is 0 Å². The summed E-state index contributed by atoms with van der Waals surface area (Å²) in [4.78, 5) is 12.1. The maximum Gasteiger partial charge on any atom is 0.319 e. The van der Waals surface area contributed by atoms with Gasteiger partial charge in [-0.3, -0.25) is 0 Å². The van der Waals surface area contributed by atoms with Gasteiger partial charge in [0, 0.05) is 23.4 Å². The lowest BCUT2D eigenvalue weighted by Gasteiger charge is -2.08. The predicted molar refractivity (Wildman–Crippen MR) is 108 cm³/mol. The van der Waals surface area contributed by atoms with E-state index in [0.717, 1.165) is 22.4 Å². The SMILES string of the molecule is COc1ccc(CNC(=O)Nc2cccc(C#Cc3ccccc3)c2)cc1. The van der Waals surface area contributed by atoms with E-state index in [0.29, 0.717) is 12.2 Å². The largest absolute Gasteiger partial charge is 0.497 e. The molecule has 2 N–H and O–H groups in total. The molecular formula is C23H20N2O2. The minimum absolute atomic E-state index is 0.265. The molecular weight excluding hydrogens is 336 g/mol. The maximum absolute atomic E-state index is 12.1. The Bertz CT molecular complexity index is 955. The lowest BCUT2D eigenvalue weighted by molar-refractivity contribution is 0.251. The van der Waals surface area contributed by atoms with Gasteiger partial charge in [0.2, 0.25) is 0 Å². The van der Waals surface area contributed by atoms with Crippen LogP contribution in [-0.4, -0.2) is 13.1 Å². The van der Waals surface area contributed by atoms with Crippen LogP contribution in [0, 0.1) is 11.8 Å². The van der Waals surface area contributed by atoms with Gasteiger partial charge < -0.3 is 15.4 Å². The van der Waals surface area contributed by atoms with Crippen molar-refractivity contribution < 1.29 is 9.53 Å². The molecule has 3 rings (SSSR count). The van der Waals surface area contributed by atoms with Crippen molar-refractivity contribution in [2.24, 2.45) is 0 Å². The first-order valence-electron chi connectivity index (χ1n) is 8.58. The van der Waals surface area contributed by atoms with Gasteiger partial charge in [0.05, 0.1) is 7.11 Å². The van der Waals surface area contributed by atoms with Crippen LogP contribution in [-0.2, 0) is 6.54 Å². The van der Waals surface area contributed by atoms with Gasteiger partial charge in [-0.25, -0.2) is 4.79 Å². The average molecular weight is 356 g/mol. The second kappa shape index (κ2) is 9.12. The summed E-state index contributed by atoms with van der Waals surface area (Å²) < 4.78 is 5.12. The maximum atomic E-state index is 12.1. The zero-order valence-electron chi connectivity index (χ0n) is 15.0. The van der Waals surface area contributed by atoms with Gasteiger partial charge in [0.25, 0.3) is 0 Å². The van der Waals surface area contributed by atoms with Crippen LogP contribution in [0.15, 0.2) is 78.9 Å². The first-order chi connectivity index (χ1) is 13.2. The van der Waals surface area contributed by atoms with Gasteiger partial charge >= 0.3 is 6.03 Å². The summed E-state index contributed by atoms with van der Waals surface area (Å²) in [5.74, 6) is 7.01. The van der Waals surface area contributed by atoms with Crippen molar-refractivity contribution in [3.05, 3.63) is 95.6 Å². The lowest BCUT2D eigenvalue weighted by Crippen LogP contribution is -2.28. The Morgan fingerprint density at radius 2 is 1.59 bits per heavy atom. The molecule has 4 nitrogen and oxygen atoms in total. The Hall–Kier alpha value is -3.71. The number of nitrogens with one attached hydrogen (secondary N) is 2. The van der Waals surface area contributed by atoms with Crippen LogP contribution < -0.4 is 15.4 Å². The highest BCUT2D eigenvalue weighted by atomic mass is 16.5. The Morgan fingerprint density at radius 1 is 0.889 bits per heavy atom. The number of carbonyl (C=O) groups is 1. The van der Waals surface area contributed by atoms with E-state index in [1.165, 1.54) is 0 Å². The highest BCUT2D eigenvalue weighted by Crippen LogP contribution is 2.12. The van der Waals surface area contributed by atoms with E-state index < -0.39 is 0 Å². The lowest BCUT2D eigenvalue weighted by atomic mass is 10.1. The predicted octanol–water partition coefficient (Wildman–Crippen LogP) is 4.42. The molecule has 3 aromatic carbocycles. The summed E-state index contributed by atoms with van der Waals surface area (Å²) in [5, 5.41) is 5.67. The van der Waals surface area contributed by atoms with E-state index >= 15 is 0 Å². The molecule has 0 spiro atoms. The van der Waals surface area contributed by atoms with Crippen molar-refractivity contribution in [1.29, 1.82) is 0 Å². The molecule has 0 saturated heterocycles. The number of rotatable bonds is 4. The third kappa shape index (κ3) is 5.65. The highest BCUT2D eigenvalue weighted by molar-refractivity contribution is 5.89. The summed E-state index contributed by atoms with van der Waals surface area (Å²) in [6, 6.07) is 24.5. The monoisotopic (exact) mass is 356 g/mol. The van der Waals surface area contributed by atoms with Crippen LogP contribution in [0.25, 0.3) is 0 Å². The van der Waals surface area contributed by atoms with Gasteiger partial charge in [0.15, 0.2) is 0 Å². The van der Waals surface area contributed by atoms with Crippen molar-refractivity contribution in [3.63, 3.8) is 0 Å². The molecule has 4 heteroatoms. The third-order valence-electron chi connectivity index (χ3n) is 3.86. The van der Waals surface area contributed by atoms with E-state index in [1.54, 1.807) is 7.11 Å². The zero-order valence-corrected chi connectivity index (χ0v) is 15.0. The molecule has 3 aromatic rings. The summed E-state index contributed by atoms with van der Waals surface area (Å²) in [6.45, 7) is 0.434. The number of carbonyl (C=O) groups excluding carboxylic acids is 1.